The zero-order valence-electron chi connectivity index (χ0n) is 17.9. The van der Waals surface area contributed by atoms with E-state index in [1.807, 2.05) is 0 Å². The molecule has 0 fully saturated rings. The Kier molecular flexibility index (Phi) is 8.30. The smallest absolute Gasteiger partial charge is 0.285 e. The second kappa shape index (κ2) is 11.3. The number of thiazole rings is 1. The minimum atomic E-state index is -4.05. The van der Waals surface area contributed by atoms with Crippen molar-refractivity contribution >= 4 is 79.3 Å². The van der Waals surface area contributed by atoms with Crippen LogP contribution in [0.3, 0.4) is 0 Å². The van der Waals surface area contributed by atoms with E-state index in [-0.39, 0.29) is 22.4 Å². The number of amides is 2. The summed E-state index contributed by atoms with van der Waals surface area (Å²) in [6, 6.07) is 14.4. The molecule has 36 heavy (non-hydrogen) atoms. The number of nitrogens with one attached hydrogen (secondary N) is 3. The molecule has 0 bridgehead atoms. The zero-order valence-corrected chi connectivity index (χ0v) is 22.6. The molecule has 0 saturated carbocycles. The van der Waals surface area contributed by atoms with E-state index in [0.717, 1.165) is 22.7 Å². The Bertz CT molecular complexity index is 1540. The lowest BCUT2D eigenvalue weighted by Gasteiger charge is -2.06. The van der Waals surface area contributed by atoms with E-state index in [2.05, 4.69) is 20.6 Å². The number of hydrogen-bond acceptors (Lipinski definition) is 7. The van der Waals surface area contributed by atoms with Crippen molar-refractivity contribution in [2.24, 2.45) is 0 Å². The summed E-state index contributed by atoms with van der Waals surface area (Å²) in [6.45, 7) is 0.127. The Labute approximate surface area is 229 Å². The molecule has 0 aliphatic carbocycles. The summed E-state index contributed by atoms with van der Waals surface area (Å²) < 4.78 is 25.2. The third-order valence-corrected chi connectivity index (χ3v) is 9.42. The van der Waals surface area contributed by atoms with Crippen molar-refractivity contribution in [3.05, 3.63) is 91.2 Å². The quantitative estimate of drug-likeness (QED) is 0.234. The second-order valence-electron chi connectivity index (χ2n) is 7.11. The van der Waals surface area contributed by atoms with Gasteiger partial charge < -0.3 is 5.32 Å². The van der Waals surface area contributed by atoms with E-state index in [9.17, 15) is 18.0 Å². The summed E-state index contributed by atoms with van der Waals surface area (Å²) in [5.74, 6) is -1.07. The van der Waals surface area contributed by atoms with Gasteiger partial charge in [0.05, 0.1) is 16.6 Å². The summed E-state index contributed by atoms with van der Waals surface area (Å²) >= 11 is 20.2. The SMILES string of the molecule is O=C(NCc1ccc(S(=O)(=O)NNC(=O)c2csc(-c3cccc(Cl)c3Cl)n2)s1)c1ccc(Cl)cc1. The van der Waals surface area contributed by atoms with Crippen molar-refractivity contribution in [3.63, 3.8) is 0 Å². The van der Waals surface area contributed by atoms with Crippen LogP contribution in [-0.2, 0) is 16.6 Å². The molecule has 2 heterocycles. The zero-order chi connectivity index (χ0) is 25.9. The minimum absolute atomic E-state index is 0.00511. The monoisotopic (exact) mass is 600 g/mol. The Morgan fingerprint density at radius 2 is 1.69 bits per heavy atom. The van der Waals surface area contributed by atoms with Crippen molar-refractivity contribution in [1.82, 2.24) is 20.6 Å². The highest BCUT2D eigenvalue weighted by Gasteiger charge is 2.20. The predicted octanol–water partition coefficient (Wildman–Crippen LogP) is 5.39. The Balaban J connectivity index is 1.35. The molecule has 0 radical (unpaired) electrons. The van der Waals surface area contributed by atoms with Gasteiger partial charge in [0, 0.05) is 26.4 Å². The van der Waals surface area contributed by atoms with E-state index in [4.69, 9.17) is 34.8 Å². The van der Waals surface area contributed by atoms with Crippen LogP contribution in [-0.4, -0.2) is 25.2 Å². The van der Waals surface area contributed by atoms with Gasteiger partial charge in [0.25, 0.3) is 21.8 Å². The van der Waals surface area contributed by atoms with Gasteiger partial charge in [-0.3, -0.25) is 15.0 Å². The number of rotatable bonds is 8. The number of hydrogen-bond donors (Lipinski definition) is 3. The first kappa shape index (κ1) is 26.6. The third-order valence-electron chi connectivity index (χ3n) is 4.65. The van der Waals surface area contributed by atoms with Gasteiger partial charge in [-0.05, 0) is 42.5 Å². The summed E-state index contributed by atoms with van der Waals surface area (Å²) in [6.07, 6.45) is 0. The van der Waals surface area contributed by atoms with Crippen molar-refractivity contribution in [1.29, 1.82) is 0 Å². The number of thiophene rings is 1. The van der Waals surface area contributed by atoms with E-state index in [1.165, 1.54) is 11.4 Å². The van der Waals surface area contributed by atoms with Crippen LogP contribution in [0, 0.1) is 0 Å². The summed E-state index contributed by atoms with van der Waals surface area (Å²) in [7, 11) is -4.05. The lowest BCUT2D eigenvalue weighted by atomic mass is 10.2. The fourth-order valence-electron chi connectivity index (χ4n) is 2.87. The summed E-state index contributed by atoms with van der Waals surface area (Å²) in [5, 5.41) is 5.81. The van der Waals surface area contributed by atoms with Crippen molar-refractivity contribution < 1.29 is 18.0 Å². The van der Waals surface area contributed by atoms with Gasteiger partial charge in [0.2, 0.25) is 0 Å². The fraction of sp³-hybridized carbons (Fsp3) is 0.0455. The highest BCUT2D eigenvalue weighted by atomic mass is 35.5. The van der Waals surface area contributed by atoms with Crippen molar-refractivity contribution in [2.45, 2.75) is 10.8 Å². The van der Waals surface area contributed by atoms with Crippen LogP contribution in [0.5, 0.6) is 0 Å². The number of sulfonamides is 1. The molecule has 2 amide bonds. The molecule has 0 aliphatic rings. The fourth-order valence-corrected chi connectivity index (χ4v) is 6.40. The molecule has 0 atom stereocenters. The first-order valence-corrected chi connectivity index (χ1v) is 14.3. The second-order valence-corrected chi connectivity index (χ2v) is 12.3. The number of hydrazine groups is 1. The van der Waals surface area contributed by atoms with E-state index in [0.29, 0.717) is 36.1 Å². The topological polar surface area (TPSA) is 117 Å². The lowest BCUT2D eigenvalue weighted by Crippen LogP contribution is -2.41. The maximum absolute atomic E-state index is 12.6. The number of benzene rings is 2. The van der Waals surface area contributed by atoms with E-state index >= 15 is 0 Å². The number of aromatic nitrogens is 1. The van der Waals surface area contributed by atoms with Crippen LogP contribution in [0.2, 0.25) is 15.1 Å². The number of nitrogens with zero attached hydrogens (tertiary/aromatic N) is 1. The van der Waals surface area contributed by atoms with Crippen LogP contribution >= 0.6 is 57.5 Å². The molecule has 3 N–H and O–H groups in total. The van der Waals surface area contributed by atoms with Gasteiger partial charge in [0.1, 0.15) is 14.9 Å². The maximum atomic E-state index is 12.6. The number of carbonyl (C=O) groups is 2. The molecule has 0 unspecified atom stereocenters. The first-order chi connectivity index (χ1) is 17.1. The van der Waals surface area contributed by atoms with E-state index in [1.54, 1.807) is 48.5 Å². The summed E-state index contributed by atoms with van der Waals surface area (Å²) in [4.78, 5) is 31.5. The molecule has 0 spiro atoms. The Hall–Kier alpha value is -2.51. The van der Waals surface area contributed by atoms with Crippen LogP contribution in [0.4, 0.5) is 0 Å². The molecule has 0 saturated heterocycles. The molecular weight excluding hydrogens is 587 g/mol. The van der Waals surface area contributed by atoms with Gasteiger partial charge in [-0.15, -0.1) is 27.5 Å². The molecule has 2 aromatic heterocycles. The summed E-state index contributed by atoms with van der Waals surface area (Å²) in [5.41, 5.74) is 3.14. The minimum Gasteiger partial charge on any atom is -0.347 e. The Morgan fingerprint density at radius 3 is 2.44 bits per heavy atom. The molecule has 186 valence electrons. The molecule has 0 aliphatic heterocycles. The molecule has 8 nitrogen and oxygen atoms in total. The number of carbonyl (C=O) groups excluding carboxylic acids is 2. The van der Waals surface area contributed by atoms with Gasteiger partial charge in [0.15, 0.2) is 0 Å². The number of halogens is 3. The molecule has 14 heteroatoms. The molecule has 4 aromatic rings. The maximum Gasteiger partial charge on any atom is 0.285 e. The van der Waals surface area contributed by atoms with Crippen molar-refractivity contribution in [3.8, 4) is 10.6 Å². The Morgan fingerprint density at radius 1 is 0.944 bits per heavy atom. The predicted molar refractivity (Wildman–Crippen MR) is 142 cm³/mol. The van der Waals surface area contributed by atoms with Crippen molar-refractivity contribution in [2.75, 3.05) is 0 Å². The largest absolute Gasteiger partial charge is 0.347 e. The van der Waals surface area contributed by atoms with E-state index < -0.39 is 15.9 Å². The molecule has 4 rings (SSSR count). The lowest BCUT2D eigenvalue weighted by molar-refractivity contribution is 0.0937. The normalized spacial score (nSPS) is 11.3. The highest BCUT2D eigenvalue weighted by molar-refractivity contribution is 7.91. The van der Waals surface area contributed by atoms with Gasteiger partial charge in [-0.1, -0.05) is 46.9 Å². The standard InChI is InChI=1S/C22H15Cl3N4O4S3/c23-13-6-4-12(5-7-13)20(30)26-10-14-8-9-18(35-14)36(32,33)29-28-21(31)17-11-34-22(27-17)15-2-1-3-16(24)19(15)25/h1-9,11,29H,10H2,(H,26,30)(H,28,31). The first-order valence-electron chi connectivity index (χ1n) is 9.98. The average molecular weight is 602 g/mol. The third kappa shape index (κ3) is 6.24. The molecule has 2 aromatic carbocycles. The van der Waals surface area contributed by atoms with Gasteiger partial charge >= 0.3 is 0 Å². The van der Waals surface area contributed by atoms with Crippen LogP contribution in [0.15, 0.2) is 64.2 Å². The van der Waals surface area contributed by atoms with Crippen LogP contribution in [0.1, 0.15) is 25.7 Å². The van der Waals surface area contributed by atoms with Gasteiger partial charge in [-0.25, -0.2) is 13.4 Å². The van der Waals surface area contributed by atoms with Gasteiger partial charge in [-0.2, -0.15) is 0 Å². The molecular formula is C22H15Cl3N4O4S3. The van der Waals surface area contributed by atoms with Crippen LogP contribution < -0.4 is 15.6 Å². The highest BCUT2D eigenvalue weighted by Crippen LogP contribution is 2.35. The average Bonchev–Trinajstić information content (AvgIpc) is 3.54. The van der Waals surface area contributed by atoms with Crippen LogP contribution in [0.25, 0.3) is 10.6 Å².